The Bertz CT molecular complexity index is 746. The monoisotopic (exact) mass is 352 g/mol. The molecule has 0 aliphatic carbocycles. The minimum absolute atomic E-state index is 0.0923. The van der Waals surface area contributed by atoms with Crippen LogP contribution in [0.1, 0.15) is 35.4 Å². The number of nitrogens with one attached hydrogen (secondary N) is 1. The van der Waals surface area contributed by atoms with E-state index in [1.54, 1.807) is 0 Å². The predicted octanol–water partition coefficient (Wildman–Crippen LogP) is 2.98. The average Bonchev–Trinajstić information content (AvgIpc) is 2.61. The second-order valence-electron chi connectivity index (χ2n) is 7.24. The molecule has 1 fully saturated rings. The van der Waals surface area contributed by atoms with Crippen molar-refractivity contribution in [3.63, 3.8) is 0 Å². The maximum Gasteiger partial charge on any atom is 0.225 e. The van der Waals surface area contributed by atoms with Gasteiger partial charge in [-0.15, -0.1) is 0 Å². The van der Waals surface area contributed by atoms with Crippen LogP contribution in [0.15, 0.2) is 30.3 Å². The summed E-state index contributed by atoms with van der Waals surface area (Å²) in [6, 6.07) is 10.4. The maximum absolute atomic E-state index is 12.4. The van der Waals surface area contributed by atoms with E-state index in [1.807, 2.05) is 19.9 Å². The average molecular weight is 352 g/mol. The van der Waals surface area contributed by atoms with Gasteiger partial charge in [0.1, 0.15) is 0 Å². The summed E-state index contributed by atoms with van der Waals surface area (Å²) in [5.41, 5.74) is 4.51. The van der Waals surface area contributed by atoms with E-state index in [-0.39, 0.29) is 11.8 Å². The Balaban J connectivity index is 1.46. The maximum atomic E-state index is 12.4. The van der Waals surface area contributed by atoms with E-state index >= 15 is 0 Å². The Morgan fingerprint density at radius 1 is 1.12 bits per heavy atom. The van der Waals surface area contributed by atoms with Gasteiger partial charge >= 0.3 is 0 Å². The number of piperidine rings is 1. The Morgan fingerprint density at radius 2 is 1.81 bits per heavy atom. The van der Waals surface area contributed by atoms with Crippen LogP contribution >= 0.6 is 0 Å². The number of carbonyl (C=O) groups excluding carboxylic acids is 1. The second-order valence-corrected chi connectivity index (χ2v) is 7.24. The topological polar surface area (TPSA) is 58.1 Å². The fourth-order valence-corrected chi connectivity index (χ4v) is 3.53. The van der Waals surface area contributed by atoms with Crippen molar-refractivity contribution in [3.8, 4) is 0 Å². The first-order chi connectivity index (χ1) is 12.5. The van der Waals surface area contributed by atoms with Crippen molar-refractivity contribution in [1.29, 1.82) is 0 Å². The SMILES string of the molecule is Cc1cccc(CCNC(=O)C2CCN(c3nc(C)cc(C)n3)CC2)c1. The lowest BCUT2D eigenvalue weighted by atomic mass is 9.96. The third-order valence-corrected chi connectivity index (χ3v) is 4.91. The lowest BCUT2D eigenvalue weighted by Gasteiger charge is -2.31. The Labute approximate surface area is 155 Å². The molecule has 1 amide bonds. The quantitative estimate of drug-likeness (QED) is 0.899. The number of benzene rings is 1. The number of hydrogen-bond acceptors (Lipinski definition) is 4. The van der Waals surface area contributed by atoms with Crippen LogP contribution in [0.4, 0.5) is 5.95 Å². The predicted molar refractivity (Wildman–Crippen MR) is 104 cm³/mol. The molecule has 1 N–H and O–H groups in total. The van der Waals surface area contributed by atoms with Gasteiger partial charge in [-0.3, -0.25) is 4.79 Å². The molecule has 1 aliphatic heterocycles. The molecule has 2 aromatic rings. The number of hydrogen-bond donors (Lipinski definition) is 1. The number of aromatic nitrogens is 2. The van der Waals surface area contributed by atoms with Crippen molar-refractivity contribution in [2.24, 2.45) is 5.92 Å². The summed E-state index contributed by atoms with van der Waals surface area (Å²) in [5, 5.41) is 3.10. The molecule has 0 spiro atoms. The van der Waals surface area contributed by atoms with Crippen LogP contribution < -0.4 is 10.2 Å². The molecule has 0 radical (unpaired) electrons. The van der Waals surface area contributed by atoms with Gasteiger partial charge in [0.2, 0.25) is 11.9 Å². The van der Waals surface area contributed by atoms with Gasteiger partial charge < -0.3 is 10.2 Å². The first-order valence-electron chi connectivity index (χ1n) is 9.42. The molecule has 1 aliphatic rings. The molecule has 0 unspecified atom stereocenters. The van der Waals surface area contributed by atoms with Gasteiger partial charge in [-0.1, -0.05) is 29.8 Å². The van der Waals surface area contributed by atoms with Crippen LogP contribution in [0.2, 0.25) is 0 Å². The van der Waals surface area contributed by atoms with Crippen LogP contribution in [0.25, 0.3) is 0 Å². The van der Waals surface area contributed by atoms with E-state index in [0.717, 1.165) is 49.7 Å². The molecule has 0 saturated carbocycles. The standard InChI is InChI=1S/C21H28N4O/c1-15-5-4-6-18(13-15)7-10-22-20(26)19-8-11-25(12-9-19)21-23-16(2)14-17(3)24-21/h4-6,13-14,19H,7-12H2,1-3H3,(H,22,26). The lowest BCUT2D eigenvalue weighted by molar-refractivity contribution is -0.125. The third-order valence-electron chi connectivity index (χ3n) is 4.91. The normalized spacial score (nSPS) is 15.1. The van der Waals surface area contributed by atoms with Crippen molar-refractivity contribution in [1.82, 2.24) is 15.3 Å². The molecule has 5 heteroatoms. The summed E-state index contributed by atoms with van der Waals surface area (Å²) in [6.07, 6.45) is 2.59. The molecule has 1 saturated heterocycles. The summed E-state index contributed by atoms with van der Waals surface area (Å²) >= 11 is 0. The van der Waals surface area contributed by atoms with Crippen molar-refractivity contribution in [2.45, 2.75) is 40.0 Å². The zero-order valence-corrected chi connectivity index (χ0v) is 16.0. The van der Waals surface area contributed by atoms with Gasteiger partial charge in [0, 0.05) is 36.9 Å². The van der Waals surface area contributed by atoms with Crippen LogP contribution in [0.3, 0.4) is 0 Å². The summed E-state index contributed by atoms with van der Waals surface area (Å²) in [6.45, 7) is 8.44. The molecule has 0 atom stereocenters. The second kappa shape index (κ2) is 8.30. The molecule has 138 valence electrons. The smallest absolute Gasteiger partial charge is 0.225 e. The summed E-state index contributed by atoms with van der Waals surface area (Å²) in [4.78, 5) is 23.7. The zero-order chi connectivity index (χ0) is 18.5. The van der Waals surface area contributed by atoms with Gasteiger partial charge in [-0.2, -0.15) is 0 Å². The summed E-state index contributed by atoms with van der Waals surface area (Å²) < 4.78 is 0. The molecular weight excluding hydrogens is 324 g/mol. The largest absolute Gasteiger partial charge is 0.356 e. The molecule has 0 bridgehead atoms. The Morgan fingerprint density at radius 3 is 2.46 bits per heavy atom. The van der Waals surface area contributed by atoms with E-state index in [0.29, 0.717) is 6.54 Å². The fraction of sp³-hybridized carbons (Fsp3) is 0.476. The van der Waals surface area contributed by atoms with Crippen LogP contribution in [-0.2, 0) is 11.2 Å². The first-order valence-corrected chi connectivity index (χ1v) is 9.42. The van der Waals surface area contributed by atoms with Gasteiger partial charge in [-0.05, 0) is 51.7 Å². The van der Waals surface area contributed by atoms with E-state index in [9.17, 15) is 4.79 Å². The molecule has 1 aromatic heterocycles. The number of anilines is 1. The zero-order valence-electron chi connectivity index (χ0n) is 16.0. The molecular formula is C21H28N4O. The minimum atomic E-state index is 0.0923. The van der Waals surface area contributed by atoms with Crippen LogP contribution in [0, 0.1) is 26.7 Å². The van der Waals surface area contributed by atoms with E-state index in [2.05, 4.69) is 51.4 Å². The highest BCUT2D eigenvalue weighted by Crippen LogP contribution is 2.21. The highest BCUT2D eigenvalue weighted by atomic mass is 16.1. The third kappa shape index (κ3) is 4.81. The Hall–Kier alpha value is -2.43. The number of carbonyl (C=O) groups is 1. The number of nitrogens with zero attached hydrogens (tertiary/aromatic N) is 3. The fourth-order valence-electron chi connectivity index (χ4n) is 3.53. The van der Waals surface area contributed by atoms with E-state index in [1.165, 1.54) is 11.1 Å². The van der Waals surface area contributed by atoms with Crippen LogP contribution in [-0.4, -0.2) is 35.5 Å². The van der Waals surface area contributed by atoms with Gasteiger partial charge in [-0.25, -0.2) is 9.97 Å². The van der Waals surface area contributed by atoms with Crippen molar-refractivity contribution < 1.29 is 4.79 Å². The van der Waals surface area contributed by atoms with Gasteiger partial charge in [0.15, 0.2) is 0 Å². The molecule has 1 aromatic carbocycles. The Kier molecular flexibility index (Phi) is 5.86. The van der Waals surface area contributed by atoms with Crippen molar-refractivity contribution in [3.05, 3.63) is 52.8 Å². The number of amides is 1. The molecule has 2 heterocycles. The lowest BCUT2D eigenvalue weighted by Crippen LogP contribution is -2.41. The highest BCUT2D eigenvalue weighted by molar-refractivity contribution is 5.78. The van der Waals surface area contributed by atoms with Gasteiger partial charge in [0.25, 0.3) is 0 Å². The van der Waals surface area contributed by atoms with Gasteiger partial charge in [0.05, 0.1) is 0 Å². The molecule has 26 heavy (non-hydrogen) atoms. The van der Waals surface area contributed by atoms with E-state index in [4.69, 9.17) is 0 Å². The van der Waals surface area contributed by atoms with E-state index < -0.39 is 0 Å². The molecule has 3 rings (SSSR count). The summed E-state index contributed by atoms with van der Waals surface area (Å²) in [7, 11) is 0. The van der Waals surface area contributed by atoms with Crippen LogP contribution in [0.5, 0.6) is 0 Å². The minimum Gasteiger partial charge on any atom is -0.356 e. The van der Waals surface area contributed by atoms with Crippen molar-refractivity contribution in [2.75, 3.05) is 24.5 Å². The molecule has 5 nitrogen and oxygen atoms in total. The first kappa shape index (κ1) is 18.4. The number of rotatable bonds is 5. The van der Waals surface area contributed by atoms with Crippen molar-refractivity contribution >= 4 is 11.9 Å². The highest BCUT2D eigenvalue weighted by Gasteiger charge is 2.26. The number of aryl methyl sites for hydroxylation is 3. The summed E-state index contributed by atoms with van der Waals surface area (Å²) in [5.74, 6) is 1.06.